The van der Waals surface area contributed by atoms with Crippen LogP contribution < -0.4 is 0 Å². The van der Waals surface area contributed by atoms with Gasteiger partial charge in [-0.3, -0.25) is 4.79 Å². The van der Waals surface area contributed by atoms with Gasteiger partial charge in [-0.1, -0.05) is 12.1 Å². The van der Waals surface area contributed by atoms with E-state index in [2.05, 4.69) is 6.92 Å². The van der Waals surface area contributed by atoms with Crippen LogP contribution in [0.15, 0.2) is 24.3 Å². The number of likely N-dealkylation sites (tertiary alicyclic amines) is 1. The molecule has 3 atom stereocenters. The van der Waals surface area contributed by atoms with Gasteiger partial charge in [0, 0.05) is 25.1 Å². The van der Waals surface area contributed by atoms with Crippen molar-refractivity contribution >= 4 is 5.91 Å². The summed E-state index contributed by atoms with van der Waals surface area (Å²) in [7, 11) is 0. The van der Waals surface area contributed by atoms with Crippen LogP contribution in [0.4, 0.5) is 4.39 Å². The van der Waals surface area contributed by atoms with Crippen LogP contribution in [0, 0.1) is 5.82 Å². The number of carbonyl (C=O) groups is 1. The Bertz CT molecular complexity index is 542. The number of hydrogen-bond acceptors (Lipinski definition) is 3. The van der Waals surface area contributed by atoms with Gasteiger partial charge < -0.3 is 14.4 Å². The highest BCUT2D eigenvalue weighted by Gasteiger charge is 2.32. The predicted octanol–water partition coefficient (Wildman–Crippen LogP) is 3.12. The van der Waals surface area contributed by atoms with E-state index in [0.717, 1.165) is 31.4 Å². The first-order valence-corrected chi connectivity index (χ1v) is 8.88. The van der Waals surface area contributed by atoms with Crippen LogP contribution in [0.25, 0.3) is 0 Å². The molecule has 1 aromatic carbocycles. The summed E-state index contributed by atoms with van der Waals surface area (Å²) in [5, 5.41) is 0. The third-order valence-electron chi connectivity index (χ3n) is 5.02. The molecule has 1 amide bonds. The molecule has 4 nitrogen and oxygen atoms in total. The van der Waals surface area contributed by atoms with E-state index in [9.17, 15) is 9.18 Å². The highest BCUT2D eigenvalue weighted by Crippen LogP contribution is 2.32. The van der Waals surface area contributed by atoms with Crippen molar-refractivity contribution < 1.29 is 18.7 Å². The van der Waals surface area contributed by atoms with Crippen molar-refractivity contribution in [2.24, 2.45) is 0 Å². The summed E-state index contributed by atoms with van der Waals surface area (Å²) in [6, 6.07) is 6.84. The highest BCUT2D eigenvalue weighted by molar-refractivity contribution is 5.77. The molecule has 2 aliphatic heterocycles. The molecule has 0 aromatic heterocycles. The van der Waals surface area contributed by atoms with Gasteiger partial charge in [0.25, 0.3) is 0 Å². The minimum absolute atomic E-state index is 0.138. The second-order valence-corrected chi connectivity index (χ2v) is 6.84. The van der Waals surface area contributed by atoms with E-state index < -0.39 is 0 Å². The maximum atomic E-state index is 13.1. The third kappa shape index (κ3) is 4.33. The minimum atomic E-state index is -0.221. The van der Waals surface area contributed by atoms with Crippen LogP contribution in [0.5, 0.6) is 0 Å². The molecule has 0 saturated carbocycles. The lowest BCUT2D eigenvalue weighted by molar-refractivity contribution is -0.133. The predicted molar refractivity (Wildman–Crippen MR) is 89.3 cm³/mol. The maximum Gasteiger partial charge on any atom is 0.225 e. The molecule has 0 aliphatic carbocycles. The number of amides is 1. The lowest BCUT2D eigenvalue weighted by Gasteiger charge is -2.21. The van der Waals surface area contributed by atoms with Crippen LogP contribution in [0.2, 0.25) is 0 Å². The van der Waals surface area contributed by atoms with E-state index >= 15 is 0 Å². The smallest absolute Gasteiger partial charge is 0.225 e. The molecule has 2 fully saturated rings. The maximum absolute atomic E-state index is 13.1. The lowest BCUT2D eigenvalue weighted by atomic mass is 9.97. The molecule has 0 N–H and O–H groups in total. The molecule has 0 spiro atoms. The SMILES string of the molecule is CC1CC(c2ccc(F)cc2)CN1C(=O)CCOCC1CCCO1. The Morgan fingerprint density at radius 1 is 1.38 bits per heavy atom. The topological polar surface area (TPSA) is 38.8 Å². The van der Waals surface area contributed by atoms with Gasteiger partial charge in [0.05, 0.1) is 25.7 Å². The highest BCUT2D eigenvalue weighted by atomic mass is 19.1. The molecule has 3 unspecified atom stereocenters. The molecule has 24 heavy (non-hydrogen) atoms. The zero-order valence-corrected chi connectivity index (χ0v) is 14.2. The Morgan fingerprint density at radius 2 is 2.17 bits per heavy atom. The number of benzene rings is 1. The average molecular weight is 335 g/mol. The molecule has 0 bridgehead atoms. The monoisotopic (exact) mass is 335 g/mol. The fourth-order valence-electron chi connectivity index (χ4n) is 3.65. The molecule has 2 saturated heterocycles. The molecular weight excluding hydrogens is 309 g/mol. The van der Waals surface area contributed by atoms with Crippen LogP contribution in [-0.2, 0) is 14.3 Å². The minimum Gasteiger partial charge on any atom is -0.378 e. The van der Waals surface area contributed by atoms with Crippen molar-refractivity contribution in [2.75, 3.05) is 26.4 Å². The van der Waals surface area contributed by atoms with Crippen LogP contribution in [-0.4, -0.2) is 49.3 Å². The van der Waals surface area contributed by atoms with Crippen molar-refractivity contribution in [3.8, 4) is 0 Å². The first kappa shape index (κ1) is 17.4. The number of rotatable bonds is 6. The number of halogens is 1. The van der Waals surface area contributed by atoms with Crippen LogP contribution >= 0.6 is 0 Å². The summed E-state index contributed by atoms with van der Waals surface area (Å²) >= 11 is 0. The summed E-state index contributed by atoms with van der Waals surface area (Å²) in [4.78, 5) is 14.4. The van der Waals surface area contributed by atoms with Gasteiger partial charge in [-0.05, 0) is 43.9 Å². The molecule has 5 heteroatoms. The Morgan fingerprint density at radius 3 is 2.88 bits per heavy atom. The molecule has 1 aromatic rings. The summed E-state index contributed by atoms with van der Waals surface area (Å²) in [6.07, 6.45) is 3.69. The second kappa shape index (κ2) is 8.08. The Labute approximate surface area is 142 Å². The first-order chi connectivity index (χ1) is 11.6. The van der Waals surface area contributed by atoms with Crippen molar-refractivity contribution in [1.82, 2.24) is 4.90 Å². The first-order valence-electron chi connectivity index (χ1n) is 8.88. The van der Waals surface area contributed by atoms with Gasteiger partial charge in [-0.2, -0.15) is 0 Å². The van der Waals surface area contributed by atoms with E-state index in [1.54, 1.807) is 0 Å². The zero-order chi connectivity index (χ0) is 16.9. The third-order valence-corrected chi connectivity index (χ3v) is 5.02. The Kier molecular flexibility index (Phi) is 5.85. The quantitative estimate of drug-likeness (QED) is 0.750. The van der Waals surface area contributed by atoms with Crippen LogP contribution in [0.1, 0.15) is 44.1 Å². The normalized spacial score (nSPS) is 26.9. The van der Waals surface area contributed by atoms with Gasteiger partial charge in [0.15, 0.2) is 0 Å². The van der Waals surface area contributed by atoms with Crippen molar-refractivity contribution in [3.63, 3.8) is 0 Å². The molecular formula is C19H26FNO3. The second-order valence-electron chi connectivity index (χ2n) is 6.84. The standard InChI is InChI=1S/C19H26FNO3/c1-14-11-16(15-4-6-17(20)7-5-15)12-21(14)19(22)8-10-23-13-18-3-2-9-24-18/h4-7,14,16,18H,2-3,8-13H2,1H3. The van der Waals surface area contributed by atoms with E-state index in [1.165, 1.54) is 12.1 Å². The molecule has 132 valence electrons. The van der Waals surface area contributed by atoms with Gasteiger partial charge in [0.2, 0.25) is 5.91 Å². The largest absolute Gasteiger partial charge is 0.378 e. The van der Waals surface area contributed by atoms with Crippen molar-refractivity contribution in [2.45, 2.75) is 50.7 Å². The van der Waals surface area contributed by atoms with E-state index in [-0.39, 0.29) is 29.8 Å². The molecule has 3 rings (SSSR count). The number of carbonyl (C=O) groups excluding carboxylic acids is 1. The number of ether oxygens (including phenoxy) is 2. The summed E-state index contributed by atoms with van der Waals surface area (Å²) in [5.74, 6) is 0.206. The van der Waals surface area contributed by atoms with Gasteiger partial charge in [-0.25, -0.2) is 4.39 Å². The summed E-state index contributed by atoms with van der Waals surface area (Å²) < 4.78 is 24.1. The van der Waals surface area contributed by atoms with Crippen molar-refractivity contribution in [1.29, 1.82) is 0 Å². The van der Waals surface area contributed by atoms with Gasteiger partial charge >= 0.3 is 0 Å². The molecule has 2 heterocycles. The molecule has 2 aliphatic rings. The van der Waals surface area contributed by atoms with Crippen LogP contribution in [0.3, 0.4) is 0 Å². The Hall–Kier alpha value is -1.46. The average Bonchev–Trinajstić information content (AvgIpc) is 3.22. The zero-order valence-electron chi connectivity index (χ0n) is 14.2. The Balaban J connectivity index is 1.43. The summed E-state index contributed by atoms with van der Waals surface area (Å²) in [5.41, 5.74) is 1.10. The lowest BCUT2D eigenvalue weighted by Crippen LogP contribution is -2.34. The fourth-order valence-corrected chi connectivity index (χ4v) is 3.65. The number of hydrogen-bond donors (Lipinski definition) is 0. The molecule has 0 radical (unpaired) electrons. The van der Waals surface area contributed by atoms with E-state index in [0.29, 0.717) is 26.2 Å². The number of nitrogens with zero attached hydrogens (tertiary/aromatic N) is 1. The summed E-state index contributed by atoms with van der Waals surface area (Å²) in [6.45, 7) is 4.64. The van der Waals surface area contributed by atoms with Crippen molar-refractivity contribution in [3.05, 3.63) is 35.6 Å². The van der Waals surface area contributed by atoms with E-state index in [1.807, 2.05) is 17.0 Å². The fraction of sp³-hybridized carbons (Fsp3) is 0.632. The van der Waals surface area contributed by atoms with Gasteiger partial charge in [-0.15, -0.1) is 0 Å². The van der Waals surface area contributed by atoms with E-state index in [4.69, 9.17) is 9.47 Å². The van der Waals surface area contributed by atoms with Gasteiger partial charge in [0.1, 0.15) is 5.82 Å².